The molecular formula is C19H20ClN3O3S. The Labute approximate surface area is 168 Å². The summed E-state index contributed by atoms with van der Waals surface area (Å²) in [4.78, 5) is 24.2. The zero-order chi connectivity index (χ0) is 19.8. The lowest BCUT2D eigenvalue weighted by atomic mass is 10.2. The van der Waals surface area contributed by atoms with E-state index in [2.05, 4.69) is 30.0 Å². The van der Waals surface area contributed by atoms with Crippen molar-refractivity contribution in [3.05, 3.63) is 64.7 Å². The number of carbonyl (C=O) groups is 2. The van der Waals surface area contributed by atoms with Crippen molar-refractivity contribution < 1.29 is 14.3 Å². The van der Waals surface area contributed by atoms with Gasteiger partial charge in [0.1, 0.15) is 5.75 Å². The zero-order valence-corrected chi connectivity index (χ0v) is 16.5. The Balaban J connectivity index is 1.83. The second-order valence-electron chi connectivity index (χ2n) is 6.07. The number of hydrogen-bond acceptors (Lipinski definition) is 4. The average Bonchev–Trinajstić information content (AvgIpc) is 2.65. The van der Waals surface area contributed by atoms with Crippen LogP contribution < -0.4 is 20.9 Å². The van der Waals surface area contributed by atoms with Gasteiger partial charge in [-0.15, -0.1) is 0 Å². The molecule has 2 aromatic rings. The number of ether oxygens (including phenoxy) is 1. The highest BCUT2D eigenvalue weighted by Gasteiger charge is 2.12. The number of hydrazine groups is 1. The van der Waals surface area contributed by atoms with E-state index >= 15 is 0 Å². The van der Waals surface area contributed by atoms with Crippen molar-refractivity contribution in [3.63, 3.8) is 0 Å². The summed E-state index contributed by atoms with van der Waals surface area (Å²) in [5.41, 5.74) is 5.60. The lowest BCUT2D eigenvalue weighted by Crippen LogP contribution is -2.48. The van der Waals surface area contributed by atoms with E-state index < -0.39 is 11.8 Å². The van der Waals surface area contributed by atoms with Crippen molar-refractivity contribution in [3.8, 4) is 5.75 Å². The van der Waals surface area contributed by atoms with Gasteiger partial charge in [0.25, 0.3) is 11.8 Å². The quantitative estimate of drug-likeness (QED) is 0.525. The van der Waals surface area contributed by atoms with Gasteiger partial charge in [-0.3, -0.25) is 25.8 Å². The van der Waals surface area contributed by atoms with Crippen LogP contribution in [0.1, 0.15) is 34.6 Å². The van der Waals surface area contributed by atoms with Crippen molar-refractivity contribution in [2.45, 2.75) is 13.8 Å². The van der Waals surface area contributed by atoms with Gasteiger partial charge in [-0.1, -0.05) is 37.6 Å². The Morgan fingerprint density at radius 3 is 2.33 bits per heavy atom. The summed E-state index contributed by atoms with van der Waals surface area (Å²) in [7, 11) is 0. The molecule has 8 heteroatoms. The summed E-state index contributed by atoms with van der Waals surface area (Å²) in [6.45, 7) is 4.72. The van der Waals surface area contributed by atoms with Crippen LogP contribution in [-0.2, 0) is 0 Å². The number of amides is 2. The number of thiocarbonyl (C=S) groups is 1. The Morgan fingerprint density at radius 1 is 1.04 bits per heavy atom. The highest BCUT2D eigenvalue weighted by atomic mass is 35.5. The molecule has 3 N–H and O–H groups in total. The smallest absolute Gasteiger partial charge is 0.269 e. The van der Waals surface area contributed by atoms with E-state index in [0.717, 1.165) is 0 Å². The van der Waals surface area contributed by atoms with E-state index in [9.17, 15) is 9.59 Å². The number of rotatable bonds is 5. The van der Waals surface area contributed by atoms with E-state index in [0.29, 0.717) is 28.9 Å². The van der Waals surface area contributed by atoms with Gasteiger partial charge >= 0.3 is 0 Å². The highest BCUT2D eigenvalue weighted by Crippen LogP contribution is 2.14. The maximum atomic E-state index is 12.1. The predicted octanol–water partition coefficient (Wildman–Crippen LogP) is 3.32. The fourth-order valence-corrected chi connectivity index (χ4v) is 2.36. The van der Waals surface area contributed by atoms with Gasteiger partial charge in [0.05, 0.1) is 17.2 Å². The Bertz CT molecular complexity index is 825. The molecule has 0 aliphatic rings. The summed E-state index contributed by atoms with van der Waals surface area (Å²) >= 11 is 11.0. The largest absolute Gasteiger partial charge is 0.493 e. The molecule has 0 bridgehead atoms. The standard InChI is InChI=1S/C19H20ClN3O3S/c1-12(2)11-26-14-9-7-13(8-10-14)17(24)22-23-19(27)21-18(25)15-5-3-4-6-16(15)20/h3-10,12H,11H2,1-2H3,(H,22,24)(H2,21,23,25,27). The summed E-state index contributed by atoms with van der Waals surface area (Å²) in [5, 5.41) is 2.70. The number of carbonyl (C=O) groups excluding carboxylic acids is 2. The first-order valence-corrected chi connectivity index (χ1v) is 9.04. The van der Waals surface area contributed by atoms with Crippen LogP contribution in [-0.4, -0.2) is 23.5 Å². The van der Waals surface area contributed by atoms with Gasteiger partial charge < -0.3 is 4.74 Å². The maximum Gasteiger partial charge on any atom is 0.269 e. The molecule has 0 saturated heterocycles. The number of nitrogens with one attached hydrogen (secondary N) is 3. The second kappa shape index (κ2) is 9.89. The van der Waals surface area contributed by atoms with Crippen molar-refractivity contribution in [1.82, 2.24) is 16.2 Å². The van der Waals surface area contributed by atoms with Crippen LogP contribution in [0.15, 0.2) is 48.5 Å². The van der Waals surface area contributed by atoms with Crippen molar-refractivity contribution in [1.29, 1.82) is 0 Å². The SMILES string of the molecule is CC(C)COc1ccc(C(=O)NNC(=S)NC(=O)c2ccccc2Cl)cc1. The van der Waals surface area contributed by atoms with Crippen LogP contribution >= 0.6 is 23.8 Å². The van der Waals surface area contributed by atoms with Crippen LogP contribution in [0.4, 0.5) is 0 Å². The van der Waals surface area contributed by atoms with Crippen LogP contribution in [0.5, 0.6) is 5.75 Å². The van der Waals surface area contributed by atoms with Crippen molar-refractivity contribution >= 4 is 40.7 Å². The normalized spacial score (nSPS) is 10.2. The fraction of sp³-hybridized carbons (Fsp3) is 0.211. The monoisotopic (exact) mass is 405 g/mol. The van der Waals surface area contributed by atoms with Gasteiger partial charge in [-0.2, -0.15) is 0 Å². The van der Waals surface area contributed by atoms with Crippen LogP contribution in [0.25, 0.3) is 0 Å². The Morgan fingerprint density at radius 2 is 1.70 bits per heavy atom. The van der Waals surface area contributed by atoms with E-state index in [4.69, 9.17) is 28.6 Å². The van der Waals surface area contributed by atoms with E-state index in [-0.39, 0.29) is 10.7 Å². The predicted molar refractivity (Wildman–Crippen MR) is 109 cm³/mol. The third-order valence-corrected chi connectivity index (χ3v) is 3.87. The van der Waals surface area contributed by atoms with Gasteiger partial charge in [0, 0.05) is 5.56 Å². The van der Waals surface area contributed by atoms with E-state index in [1.165, 1.54) is 0 Å². The lowest BCUT2D eigenvalue weighted by molar-refractivity contribution is 0.0934. The Hall–Kier alpha value is -2.64. The molecule has 0 fully saturated rings. The number of benzene rings is 2. The minimum Gasteiger partial charge on any atom is -0.493 e. The van der Waals surface area contributed by atoms with Gasteiger partial charge in [-0.25, -0.2) is 0 Å². The second-order valence-corrected chi connectivity index (χ2v) is 6.89. The summed E-state index contributed by atoms with van der Waals surface area (Å²) in [6, 6.07) is 13.3. The first-order chi connectivity index (χ1) is 12.9. The number of hydrogen-bond donors (Lipinski definition) is 3. The van der Waals surface area contributed by atoms with Crippen LogP contribution in [0.3, 0.4) is 0 Å². The highest BCUT2D eigenvalue weighted by molar-refractivity contribution is 7.80. The van der Waals surface area contributed by atoms with Crippen LogP contribution in [0, 0.1) is 5.92 Å². The molecule has 0 aromatic heterocycles. The van der Waals surface area contributed by atoms with Crippen LogP contribution in [0.2, 0.25) is 5.02 Å². The molecule has 0 aliphatic heterocycles. The molecule has 27 heavy (non-hydrogen) atoms. The third-order valence-electron chi connectivity index (χ3n) is 3.33. The summed E-state index contributed by atoms with van der Waals surface area (Å²) in [5.74, 6) is 0.230. The minimum atomic E-state index is -0.473. The molecule has 0 heterocycles. The van der Waals surface area contributed by atoms with E-state index in [1.807, 2.05) is 0 Å². The molecule has 2 rings (SSSR count). The van der Waals surface area contributed by atoms with Gasteiger partial charge in [0.15, 0.2) is 5.11 Å². The molecule has 2 amide bonds. The Kier molecular flexibility index (Phi) is 7.57. The molecule has 6 nitrogen and oxygen atoms in total. The third kappa shape index (κ3) is 6.54. The topological polar surface area (TPSA) is 79.5 Å². The summed E-state index contributed by atoms with van der Waals surface area (Å²) in [6.07, 6.45) is 0. The first kappa shape index (κ1) is 20.7. The molecule has 0 aliphatic carbocycles. The van der Waals surface area contributed by atoms with Crippen molar-refractivity contribution in [2.75, 3.05) is 6.61 Å². The van der Waals surface area contributed by atoms with Gasteiger partial charge in [-0.05, 0) is 54.5 Å². The molecule has 0 atom stereocenters. The molecule has 142 valence electrons. The fourth-order valence-electron chi connectivity index (χ4n) is 2.00. The molecule has 0 radical (unpaired) electrons. The molecular weight excluding hydrogens is 386 g/mol. The molecule has 2 aromatic carbocycles. The minimum absolute atomic E-state index is 0.0508. The van der Waals surface area contributed by atoms with Crippen molar-refractivity contribution in [2.24, 2.45) is 5.92 Å². The molecule has 0 unspecified atom stereocenters. The number of halogens is 1. The zero-order valence-electron chi connectivity index (χ0n) is 14.9. The summed E-state index contributed by atoms with van der Waals surface area (Å²) < 4.78 is 5.57. The lowest BCUT2D eigenvalue weighted by Gasteiger charge is -2.12. The average molecular weight is 406 g/mol. The molecule has 0 spiro atoms. The molecule has 0 saturated carbocycles. The first-order valence-electron chi connectivity index (χ1n) is 8.26. The van der Waals surface area contributed by atoms with Gasteiger partial charge in [0.2, 0.25) is 0 Å². The van der Waals surface area contributed by atoms with E-state index in [1.54, 1.807) is 48.5 Å². The maximum absolute atomic E-state index is 12.1.